The number of hydrogen-bond acceptors (Lipinski definition) is 3. The zero-order chi connectivity index (χ0) is 14.6. The summed E-state index contributed by atoms with van der Waals surface area (Å²) < 4.78 is 0. The van der Waals surface area contributed by atoms with E-state index in [1.807, 2.05) is 0 Å². The third-order valence-corrected chi connectivity index (χ3v) is 4.25. The minimum Gasteiger partial charge on any atom is -0.394 e. The van der Waals surface area contributed by atoms with Crippen molar-refractivity contribution in [1.82, 2.24) is 5.32 Å². The summed E-state index contributed by atoms with van der Waals surface area (Å²) >= 11 is 11.9. The van der Waals surface area contributed by atoms with Crippen molar-refractivity contribution in [3.05, 3.63) is 28.2 Å². The normalized spacial score (nSPS) is 17.1. The Balaban J connectivity index is 1.91. The molecule has 1 aromatic rings. The van der Waals surface area contributed by atoms with Crippen LogP contribution < -0.4 is 10.6 Å². The van der Waals surface area contributed by atoms with E-state index in [9.17, 15) is 9.90 Å². The largest absolute Gasteiger partial charge is 0.394 e. The van der Waals surface area contributed by atoms with E-state index >= 15 is 0 Å². The molecule has 4 nitrogen and oxygen atoms in total. The molecule has 0 heterocycles. The highest BCUT2D eigenvalue weighted by molar-refractivity contribution is 6.35. The zero-order valence-corrected chi connectivity index (χ0v) is 12.6. The fourth-order valence-electron chi connectivity index (χ4n) is 2.50. The van der Waals surface area contributed by atoms with Gasteiger partial charge in [-0.3, -0.25) is 4.79 Å². The molecule has 3 N–H and O–H groups in total. The van der Waals surface area contributed by atoms with Crippen molar-refractivity contribution in [1.29, 1.82) is 0 Å². The molecule has 1 amide bonds. The molecule has 1 aromatic carbocycles. The molecule has 0 atom stereocenters. The van der Waals surface area contributed by atoms with Gasteiger partial charge in [0.05, 0.1) is 23.9 Å². The van der Waals surface area contributed by atoms with Gasteiger partial charge in [-0.25, -0.2) is 0 Å². The molecule has 6 heteroatoms. The summed E-state index contributed by atoms with van der Waals surface area (Å²) in [6, 6.07) is 4.91. The number of carbonyl (C=O) groups is 1. The van der Waals surface area contributed by atoms with Gasteiger partial charge in [0.1, 0.15) is 0 Å². The van der Waals surface area contributed by atoms with Crippen molar-refractivity contribution < 1.29 is 9.90 Å². The second-order valence-electron chi connectivity index (χ2n) is 5.17. The van der Waals surface area contributed by atoms with E-state index in [0.717, 1.165) is 25.7 Å². The zero-order valence-electron chi connectivity index (χ0n) is 11.1. The number of aliphatic hydroxyl groups excluding tert-OH is 1. The van der Waals surface area contributed by atoms with Gasteiger partial charge in [-0.2, -0.15) is 0 Å². The Kier molecular flexibility index (Phi) is 5.27. The number of halogens is 2. The van der Waals surface area contributed by atoms with Crippen LogP contribution >= 0.6 is 23.2 Å². The van der Waals surface area contributed by atoms with Gasteiger partial charge in [0, 0.05) is 10.6 Å². The molecule has 1 saturated carbocycles. The van der Waals surface area contributed by atoms with E-state index in [0.29, 0.717) is 15.7 Å². The molecule has 1 aliphatic carbocycles. The average Bonchev–Trinajstić information content (AvgIpc) is 2.90. The number of rotatable bonds is 5. The number of nitrogens with one attached hydrogen (secondary N) is 2. The Morgan fingerprint density at radius 3 is 2.65 bits per heavy atom. The van der Waals surface area contributed by atoms with Crippen LogP contribution in [0, 0.1) is 0 Å². The SMILES string of the molecule is O=C(CNC1(CO)CCCC1)Nc1cc(Cl)ccc1Cl. The molecule has 0 unspecified atom stereocenters. The molecule has 0 spiro atoms. The lowest BCUT2D eigenvalue weighted by molar-refractivity contribution is -0.115. The summed E-state index contributed by atoms with van der Waals surface area (Å²) in [7, 11) is 0. The fraction of sp³-hybridized carbons (Fsp3) is 0.500. The molecule has 1 aliphatic rings. The van der Waals surface area contributed by atoms with Crippen LogP contribution in [-0.2, 0) is 4.79 Å². The lowest BCUT2D eigenvalue weighted by Gasteiger charge is -2.27. The lowest BCUT2D eigenvalue weighted by atomic mass is 9.99. The molecule has 110 valence electrons. The Bertz CT molecular complexity index is 488. The quantitative estimate of drug-likeness (QED) is 0.782. The van der Waals surface area contributed by atoms with Gasteiger partial charge in [-0.1, -0.05) is 36.0 Å². The first-order chi connectivity index (χ1) is 9.54. The Labute approximate surface area is 128 Å². The van der Waals surface area contributed by atoms with Gasteiger partial charge in [-0.15, -0.1) is 0 Å². The van der Waals surface area contributed by atoms with Crippen LogP contribution in [-0.4, -0.2) is 29.7 Å². The monoisotopic (exact) mass is 316 g/mol. The maximum Gasteiger partial charge on any atom is 0.238 e. The third-order valence-electron chi connectivity index (χ3n) is 3.69. The van der Waals surface area contributed by atoms with Gasteiger partial charge >= 0.3 is 0 Å². The highest BCUT2D eigenvalue weighted by Crippen LogP contribution is 2.29. The second-order valence-corrected chi connectivity index (χ2v) is 6.02. The summed E-state index contributed by atoms with van der Waals surface area (Å²) in [5, 5.41) is 16.3. The Morgan fingerprint density at radius 2 is 2.00 bits per heavy atom. The summed E-state index contributed by atoms with van der Waals surface area (Å²) in [6.07, 6.45) is 3.95. The number of carbonyl (C=O) groups excluding carboxylic acids is 1. The molecular formula is C14H18Cl2N2O2. The van der Waals surface area contributed by atoms with Gasteiger partial charge in [0.25, 0.3) is 0 Å². The topological polar surface area (TPSA) is 61.4 Å². The van der Waals surface area contributed by atoms with E-state index in [2.05, 4.69) is 10.6 Å². The van der Waals surface area contributed by atoms with Crippen molar-refractivity contribution in [2.75, 3.05) is 18.5 Å². The molecule has 0 radical (unpaired) electrons. The first-order valence-electron chi connectivity index (χ1n) is 6.65. The van der Waals surface area contributed by atoms with E-state index in [-0.39, 0.29) is 24.6 Å². The molecular weight excluding hydrogens is 299 g/mol. The molecule has 2 rings (SSSR count). The van der Waals surface area contributed by atoms with Crippen molar-refractivity contribution in [2.24, 2.45) is 0 Å². The minimum atomic E-state index is -0.310. The van der Waals surface area contributed by atoms with Crippen LogP contribution in [0.4, 0.5) is 5.69 Å². The number of aliphatic hydroxyl groups is 1. The maximum atomic E-state index is 11.9. The van der Waals surface area contributed by atoms with Gasteiger partial charge in [0.2, 0.25) is 5.91 Å². The first-order valence-corrected chi connectivity index (χ1v) is 7.41. The van der Waals surface area contributed by atoms with Crippen LogP contribution in [0.5, 0.6) is 0 Å². The molecule has 20 heavy (non-hydrogen) atoms. The van der Waals surface area contributed by atoms with Crippen molar-refractivity contribution >= 4 is 34.8 Å². The third kappa shape index (κ3) is 3.85. The van der Waals surface area contributed by atoms with Crippen LogP contribution in [0.1, 0.15) is 25.7 Å². The predicted octanol–water partition coefficient (Wildman–Crippen LogP) is 2.83. The molecule has 0 aliphatic heterocycles. The van der Waals surface area contributed by atoms with E-state index in [4.69, 9.17) is 23.2 Å². The van der Waals surface area contributed by atoms with Gasteiger partial charge < -0.3 is 15.7 Å². The van der Waals surface area contributed by atoms with E-state index in [1.54, 1.807) is 18.2 Å². The van der Waals surface area contributed by atoms with Gasteiger partial charge in [0.15, 0.2) is 0 Å². The first kappa shape index (κ1) is 15.6. The fourth-order valence-corrected chi connectivity index (χ4v) is 2.83. The van der Waals surface area contributed by atoms with Crippen LogP contribution in [0.15, 0.2) is 18.2 Å². The van der Waals surface area contributed by atoms with Crippen molar-refractivity contribution in [3.8, 4) is 0 Å². The van der Waals surface area contributed by atoms with Crippen LogP contribution in [0.2, 0.25) is 10.0 Å². The highest BCUT2D eigenvalue weighted by Gasteiger charge is 2.32. The maximum absolute atomic E-state index is 11.9. The standard InChI is InChI=1S/C14H18Cl2N2O2/c15-10-3-4-11(16)12(7-10)18-13(20)8-17-14(9-19)5-1-2-6-14/h3-4,7,17,19H,1-2,5-6,8-9H2,(H,18,20). The van der Waals surface area contributed by atoms with E-state index < -0.39 is 0 Å². The molecule has 0 bridgehead atoms. The van der Waals surface area contributed by atoms with Crippen molar-refractivity contribution in [2.45, 2.75) is 31.2 Å². The Hall–Kier alpha value is -0.810. The summed E-state index contributed by atoms with van der Waals surface area (Å²) in [4.78, 5) is 11.9. The number of hydrogen-bond donors (Lipinski definition) is 3. The summed E-state index contributed by atoms with van der Waals surface area (Å²) in [6.45, 7) is 0.196. The van der Waals surface area contributed by atoms with Crippen molar-refractivity contribution in [3.63, 3.8) is 0 Å². The second kappa shape index (κ2) is 6.76. The van der Waals surface area contributed by atoms with Crippen LogP contribution in [0.3, 0.4) is 0 Å². The summed E-state index contributed by atoms with van der Waals surface area (Å²) in [5.41, 5.74) is 0.186. The Morgan fingerprint density at radius 1 is 1.30 bits per heavy atom. The molecule has 0 saturated heterocycles. The minimum absolute atomic E-state index is 0.0538. The smallest absolute Gasteiger partial charge is 0.238 e. The summed E-state index contributed by atoms with van der Waals surface area (Å²) in [5.74, 6) is -0.200. The number of amides is 1. The number of benzene rings is 1. The molecule has 0 aromatic heterocycles. The number of anilines is 1. The van der Waals surface area contributed by atoms with Gasteiger partial charge in [-0.05, 0) is 31.0 Å². The molecule has 1 fully saturated rings. The van der Waals surface area contributed by atoms with Crippen LogP contribution in [0.25, 0.3) is 0 Å². The average molecular weight is 317 g/mol. The predicted molar refractivity (Wildman–Crippen MR) is 81.4 cm³/mol. The highest BCUT2D eigenvalue weighted by atomic mass is 35.5. The lowest BCUT2D eigenvalue weighted by Crippen LogP contribution is -2.49. The van der Waals surface area contributed by atoms with E-state index in [1.165, 1.54) is 0 Å².